The second-order valence-electron chi connectivity index (χ2n) is 5.50. The smallest absolute Gasteiger partial charge is 0.329 e. The van der Waals surface area contributed by atoms with Crippen LogP contribution >= 0.6 is 23.2 Å². The highest BCUT2D eigenvalue weighted by molar-refractivity contribution is 6.42. The number of anilines is 1. The van der Waals surface area contributed by atoms with Crippen molar-refractivity contribution in [1.29, 1.82) is 0 Å². The number of amides is 2. The van der Waals surface area contributed by atoms with Crippen molar-refractivity contribution >= 4 is 57.7 Å². The maximum atomic E-state index is 11.9. The normalized spacial score (nSPS) is 10.9. The van der Waals surface area contributed by atoms with Crippen molar-refractivity contribution in [2.45, 2.75) is 0 Å². The molecule has 3 aromatic carbocycles. The van der Waals surface area contributed by atoms with Gasteiger partial charge in [-0.15, -0.1) is 0 Å². The van der Waals surface area contributed by atoms with Gasteiger partial charge in [0.25, 0.3) is 0 Å². The zero-order chi connectivity index (χ0) is 19.4. The number of carbonyl (C=O) groups is 2. The Morgan fingerprint density at radius 2 is 1.78 bits per heavy atom. The Morgan fingerprint density at radius 1 is 1.00 bits per heavy atom. The molecule has 0 saturated heterocycles. The van der Waals surface area contributed by atoms with E-state index in [-0.39, 0.29) is 16.5 Å². The average Bonchev–Trinajstić information content (AvgIpc) is 2.66. The number of hydrogen-bond acceptors (Lipinski definition) is 4. The number of nitrogens with zero attached hydrogens (tertiary/aromatic N) is 1. The third-order valence-corrected chi connectivity index (χ3v) is 4.25. The molecule has 8 heteroatoms. The number of hydrogen-bond donors (Lipinski definition) is 3. The molecule has 0 atom stereocenters. The average molecular weight is 402 g/mol. The van der Waals surface area contributed by atoms with Crippen LogP contribution in [-0.4, -0.2) is 23.1 Å². The van der Waals surface area contributed by atoms with Crippen LogP contribution < -0.4 is 10.7 Å². The molecule has 0 spiro atoms. The van der Waals surface area contributed by atoms with E-state index in [1.165, 1.54) is 24.4 Å². The molecule has 0 aliphatic carbocycles. The molecule has 0 aromatic heterocycles. The van der Waals surface area contributed by atoms with Crippen LogP contribution in [0.15, 0.2) is 59.7 Å². The molecule has 0 aliphatic rings. The number of fused-ring (bicyclic) bond motifs is 1. The molecule has 136 valence electrons. The third-order valence-electron chi connectivity index (χ3n) is 3.69. The van der Waals surface area contributed by atoms with Crippen LogP contribution in [0.2, 0.25) is 10.0 Å². The van der Waals surface area contributed by atoms with Gasteiger partial charge < -0.3 is 10.4 Å². The van der Waals surface area contributed by atoms with E-state index in [1.807, 2.05) is 24.3 Å². The second kappa shape index (κ2) is 8.07. The Balaban J connectivity index is 1.71. The predicted octanol–water partition coefficient (Wildman–Crippen LogP) is 3.94. The summed E-state index contributed by atoms with van der Waals surface area (Å²) < 4.78 is 0. The van der Waals surface area contributed by atoms with E-state index in [2.05, 4.69) is 15.8 Å². The first kappa shape index (κ1) is 18.7. The third kappa shape index (κ3) is 4.36. The predicted molar refractivity (Wildman–Crippen MR) is 106 cm³/mol. The molecule has 0 radical (unpaired) electrons. The monoisotopic (exact) mass is 401 g/mol. The van der Waals surface area contributed by atoms with E-state index in [9.17, 15) is 14.7 Å². The summed E-state index contributed by atoms with van der Waals surface area (Å²) in [5.41, 5.74) is 2.74. The van der Waals surface area contributed by atoms with E-state index in [0.29, 0.717) is 10.6 Å². The van der Waals surface area contributed by atoms with Gasteiger partial charge in [-0.2, -0.15) is 5.10 Å². The Morgan fingerprint density at radius 3 is 2.59 bits per heavy atom. The molecule has 0 heterocycles. The number of rotatable bonds is 3. The van der Waals surface area contributed by atoms with Crippen molar-refractivity contribution in [3.05, 3.63) is 70.2 Å². The van der Waals surface area contributed by atoms with Crippen molar-refractivity contribution in [3.63, 3.8) is 0 Å². The summed E-state index contributed by atoms with van der Waals surface area (Å²) in [5.74, 6) is -1.96. The summed E-state index contributed by atoms with van der Waals surface area (Å²) in [6.07, 6.45) is 1.27. The molecule has 6 nitrogen and oxygen atoms in total. The molecular formula is C19H13Cl2N3O3. The summed E-state index contributed by atoms with van der Waals surface area (Å²) in [6.45, 7) is 0. The first-order chi connectivity index (χ1) is 13.0. The van der Waals surface area contributed by atoms with Gasteiger partial charge in [0, 0.05) is 10.6 Å². The second-order valence-corrected chi connectivity index (χ2v) is 6.34. The van der Waals surface area contributed by atoms with Gasteiger partial charge in [0.05, 0.1) is 16.9 Å². The van der Waals surface area contributed by atoms with Crippen LogP contribution in [0.3, 0.4) is 0 Å². The summed E-state index contributed by atoms with van der Waals surface area (Å²) >= 11 is 11.8. The fourth-order valence-corrected chi connectivity index (χ4v) is 2.74. The molecule has 3 N–H and O–H groups in total. The zero-order valence-electron chi connectivity index (χ0n) is 13.7. The summed E-state index contributed by atoms with van der Waals surface area (Å²) in [5, 5.41) is 18.4. The van der Waals surface area contributed by atoms with Crippen LogP contribution in [0.4, 0.5) is 5.69 Å². The van der Waals surface area contributed by atoms with Gasteiger partial charge in [0.2, 0.25) is 0 Å². The molecule has 3 rings (SSSR count). The highest BCUT2D eigenvalue weighted by Gasteiger charge is 2.15. The highest BCUT2D eigenvalue weighted by atomic mass is 35.5. The van der Waals surface area contributed by atoms with Gasteiger partial charge in [-0.25, -0.2) is 5.43 Å². The lowest BCUT2D eigenvalue weighted by Crippen LogP contribution is -2.32. The lowest BCUT2D eigenvalue weighted by Gasteiger charge is -2.07. The van der Waals surface area contributed by atoms with Crippen molar-refractivity contribution < 1.29 is 14.7 Å². The molecule has 2 amide bonds. The van der Waals surface area contributed by atoms with E-state index < -0.39 is 11.8 Å². The Kier molecular flexibility index (Phi) is 5.59. The zero-order valence-corrected chi connectivity index (χ0v) is 15.3. The minimum Gasteiger partial charge on any atom is -0.507 e. The van der Waals surface area contributed by atoms with Crippen LogP contribution in [0, 0.1) is 0 Å². The Hall–Kier alpha value is -3.09. The largest absolute Gasteiger partial charge is 0.507 e. The van der Waals surface area contributed by atoms with Crippen molar-refractivity contribution in [2.24, 2.45) is 5.10 Å². The van der Waals surface area contributed by atoms with Crippen molar-refractivity contribution in [2.75, 3.05) is 5.32 Å². The summed E-state index contributed by atoms with van der Waals surface area (Å²) in [7, 11) is 0. The molecular weight excluding hydrogens is 389 g/mol. The van der Waals surface area contributed by atoms with Gasteiger partial charge >= 0.3 is 11.8 Å². The number of phenols is 1. The number of halogens is 2. The van der Waals surface area contributed by atoms with Gasteiger partial charge in [0.15, 0.2) is 0 Å². The molecule has 0 saturated carbocycles. The first-order valence-corrected chi connectivity index (χ1v) is 8.51. The van der Waals surface area contributed by atoms with Crippen LogP contribution in [0.5, 0.6) is 5.75 Å². The SMILES string of the molecule is O=C(N/N=C\c1c(O)ccc2ccccc12)C(=O)Nc1cc(Cl)ccc1Cl. The van der Waals surface area contributed by atoms with E-state index >= 15 is 0 Å². The number of nitrogens with one attached hydrogen (secondary N) is 2. The topological polar surface area (TPSA) is 90.8 Å². The molecule has 27 heavy (non-hydrogen) atoms. The summed E-state index contributed by atoms with van der Waals surface area (Å²) in [4.78, 5) is 23.9. The lowest BCUT2D eigenvalue weighted by molar-refractivity contribution is -0.136. The first-order valence-electron chi connectivity index (χ1n) is 7.76. The molecule has 0 unspecified atom stereocenters. The number of benzene rings is 3. The number of aromatic hydroxyl groups is 1. The van der Waals surface area contributed by atoms with Crippen molar-refractivity contribution in [3.8, 4) is 5.75 Å². The Labute approximate surface area is 164 Å². The van der Waals surface area contributed by atoms with E-state index in [1.54, 1.807) is 12.1 Å². The van der Waals surface area contributed by atoms with Gasteiger partial charge in [-0.05, 0) is 35.0 Å². The standard InChI is InChI=1S/C19H13Cl2N3O3/c20-12-6-7-15(21)16(9-12)23-18(26)19(27)24-22-10-14-13-4-2-1-3-11(13)5-8-17(14)25/h1-10,25H,(H,23,26)(H,24,27)/b22-10-. The minimum absolute atomic E-state index is 0.00172. The van der Waals surface area contributed by atoms with Gasteiger partial charge in [0.1, 0.15) is 5.75 Å². The Bertz CT molecular complexity index is 1070. The van der Waals surface area contributed by atoms with Crippen LogP contribution in [-0.2, 0) is 9.59 Å². The molecule has 0 aliphatic heterocycles. The van der Waals surface area contributed by atoms with Crippen LogP contribution in [0.1, 0.15) is 5.56 Å². The van der Waals surface area contributed by atoms with E-state index in [0.717, 1.165) is 10.8 Å². The maximum Gasteiger partial charge on any atom is 0.329 e. The maximum absolute atomic E-state index is 11.9. The fraction of sp³-hybridized carbons (Fsp3) is 0. The molecule has 3 aromatic rings. The fourth-order valence-electron chi connectivity index (χ4n) is 2.40. The molecule has 0 fully saturated rings. The lowest BCUT2D eigenvalue weighted by atomic mass is 10.0. The minimum atomic E-state index is -0.998. The number of phenolic OH excluding ortho intramolecular Hbond substituents is 1. The van der Waals surface area contributed by atoms with E-state index in [4.69, 9.17) is 23.2 Å². The number of carbonyl (C=O) groups excluding carboxylic acids is 2. The van der Waals surface area contributed by atoms with Gasteiger partial charge in [-0.3, -0.25) is 9.59 Å². The number of hydrazone groups is 1. The highest BCUT2D eigenvalue weighted by Crippen LogP contribution is 2.26. The molecule has 0 bridgehead atoms. The van der Waals surface area contributed by atoms with Crippen LogP contribution in [0.25, 0.3) is 10.8 Å². The quantitative estimate of drug-likeness (QED) is 0.352. The van der Waals surface area contributed by atoms with Gasteiger partial charge in [-0.1, -0.05) is 53.5 Å². The van der Waals surface area contributed by atoms with Crippen molar-refractivity contribution in [1.82, 2.24) is 5.43 Å². The summed E-state index contributed by atoms with van der Waals surface area (Å²) in [6, 6.07) is 15.2.